The Labute approximate surface area is 290 Å². The molecule has 11 aromatic rings. The molecule has 4 heterocycles. The van der Waals surface area contributed by atoms with Crippen molar-refractivity contribution in [3.05, 3.63) is 158 Å². The van der Waals surface area contributed by atoms with Crippen LogP contribution in [-0.2, 0) is 0 Å². The van der Waals surface area contributed by atoms with Crippen LogP contribution in [-0.4, -0.2) is 19.5 Å². The largest absolute Gasteiger partial charge is 0.456 e. The van der Waals surface area contributed by atoms with Gasteiger partial charge < -0.3 is 8.83 Å². The third kappa shape index (κ3) is 4.26. The van der Waals surface area contributed by atoms with Gasteiger partial charge in [0.1, 0.15) is 22.3 Å². The number of nitrogens with zero attached hydrogens (tertiary/aromatic N) is 4. The molecule has 0 atom stereocenters. The lowest BCUT2D eigenvalue weighted by molar-refractivity contribution is 0.668. The summed E-state index contributed by atoms with van der Waals surface area (Å²) in [5, 5.41) is 6.47. The van der Waals surface area contributed by atoms with Gasteiger partial charge in [-0.25, -0.2) is 4.98 Å². The standard InChI is InChI=1S/C45H26N4O2/c1-2-11-27(12-3-1)43-46-44(33-16-10-20-41-42(33)32-15-6-9-19-39(32)51-41)48-45(47-43)49-36-17-7-4-13-30(36)34-25-28(21-23-37(34)49)29-22-24-40-35(26-29)31-14-5-8-18-38(31)50-40/h1-26H. The van der Waals surface area contributed by atoms with E-state index in [1.165, 1.54) is 0 Å². The van der Waals surface area contributed by atoms with Crippen LogP contribution in [0.25, 0.3) is 106 Å². The number of para-hydroxylation sites is 3. The van der Waals surface area contributed by atoms with Crippen LogP contribution in [0.5, 0.6) is 0 Å². The number of hydrogen-bond acceptors (Lipinski definition) is 5. The highest BCUT2D eigenvalue weighted by atomic mass is 16.3. The Morgan fingerprint density at radius 1 is 0.373 bits per heavy atom. The van der Waals surface area contributed by atoms with E-state index in [0.29, 0.717) is 17.6 Å². The van der Waals surface area contributed by atoms with Gasteiger partial charge in [0.15, 0.2) is 11.6 Å². The summed E-state index contributed by atoms with van der Waals surface area (Å²) in [7, 11) is 0. The van der Waals surface area contributed by atoms with E-state index in [2.05, 4.69) is 89.5 Å². The van der Waals surface area contributed by atoms with Gasteiger partial charge in [-0.2, -0.15) is 9.97 Å². The maximum absolute atomic E-state index is 6.25. The summed E-state index contributed by atoms with van der Waals surface area (Å²) in [5.74, 6) is 1.73. The second-order valence-corrected chi connectivity index (χ2v) is 12.8. The van der Waals surface area contributed by atoms with Crippen LogP contribution in [0.15, 0.2) is 167 Å². The molecule has 0 saturated carbocycles. The van der Waals surface area contributed by atoms with Crippen molar-refractivity contribution in [1.29, 1.82) is 0 Å². The molecular formula is C45H26N4O2. The molecule has 51 heavy (non-hydrogen) atoms. The Balaban J connectivity index is 1.15. The summed E-state index contributed by atoms with van der Waals surface area (Å²) >= 11 is 0. The van der Waals surface area contributed by atoms with Crippen molar-refractivity contribution in [2.45, 2.75) is 0 Å². The molecule has 4 aromatic heterocycles. The Kier molecular flexibility index (Phi) is 5.86. The molecule has 6 nitrogen and oxygen atoms in total. The maximum Gasteiger partial charge on any atom is 0.238 e. The number of furan rings is 2. The van der Waals surface area contributed by atoms with Gasteiger partial charge in [-0.3, -0.25) is 4.57 Å². The quantitative estimate of drug-likeness (QED) is 0.189. The summed E-state index contributed by atoms with van der Waals surface area (Å²) in [4.78, 5) is 15.5. The molecule has 0 saturated heterocycles. The van der Waals surface area contributed by atoms with Crippen LogP contribution in [0.4, 0.5) is 0 Å². The molecule has 0 fully saturated rings. The smallest absolute Gasteiger partial charge is 0.238 e. The normalized spacial score (nSPS) is 11.9. The van der Waals surface area contributed by atoms with Gasteiger partial charge in [-0.05, 0) is 59.7 Å². The highest BCUT2D eigenvalue weighted by Gasteiger charge is 2.21. The van der Waals surface area contributed by atoms with E-state index < -0.39 is 0 Å². The maximum atomic E-state index is 6.25. The van der Waals surface area contributed by atoms with Crippen LogP contribution >= 0.6 is 0 Å². The van der Waals surface area contributed by atoms with E-state index >= 15 is 0 Å². The third-order valence-corrected chi connectivity index (χ3v) is 9.88. The first-order chi connectivity index (χ1) is 25.3. The van der Waals surface area contributed by atoms with Gasteiger partial charge in [0.2, 0.25) is 5.95 Å². The molecule has 238 valence electrons. The van der Waals surface area contributed by atoms with Crippen molar-refractivity contribution in [2.24, 2.45) is 0 Å². The zero-order valence-electron chi connectivity index (χ0n) is 27.1. The molecule has 0 aliphatic heterocycles. The summed E-state index contributed by atoms with van der Waals surface area (Å²) in [6, 6.07) is 54.0. The molecule has 6 heteroatoms. The number of rotatable bonds is 4. The topological polar surface area (TPSA) is 69.9 Å². The number of hydrogen-bond donors (Lipinski definition) is 0. The lowest BCUT2D eigenvalue weighted by atomic mass is 10.0. The molecule has 0 bridgehead atoms. The van der Waals surface area contributed by atoms with Crippen LogP contribution in [0.3, 0.4) is 0 Å². The summed E-state index contributed by atoms with van der Waals surface area (Å²) < 4.78 is 14.5. The van der Waals surface area contributed by atoms with Crippen molar-refractivity contribution >= 4 is 65.7 Å². The van der Waals surface area contributed by atoms with Gasteiger partial charge in [-0.1, -0.05) is 109 Å². The summed E-state index contributed by atoms with van der Waals surface area (Å²) in [6.07, 6.45) is 0. The van der Waals surface area contributed by atoms with Gasteiger partial charge in [0, 0.05) is 43.4 Å². The minimum absolute atomic E-state index is 0.550. The Morgan fingerprint density at radius 3 is 1.84 bits per heavy atom. The van der Waals surface area contributed by atoms with Crippen molar-refractivity contribution in [3.63, 3.8) is 0 Å². The lowest BCUT2D eigenvalue weighted by Gasteiger charge is -2.11. The first-order valence-electron chi connectivity index (χ1n) is 16.9. The molecule has 0 unspecified atom stereocenters. The molecule has 0 aliphatic carbocycles. The lowest BCUT2D eigenvalue weighted by Crippen LogP contribution is -2.06. The van der Waals surface area contributed by atoms with Crippen molar-refractivity contribution in [3.8, 4) is 39.9 Å². The Morgan fingerprint density at radius 2 is 0.980 bits per heavy atom. The molecule has 7 aromatic carbocycles. The molecule has 0 amide bonds. The Hall–Kier alpha value is -7.05. The van der Waals surface area contributed by atoms with E-state index in [1.54, 1.807) is 0 Å². The third-order valence-electron chi connectivity index (χ3n) is 9.88. The minimum Gasteiger partial charge on any atom is -0.456 e. The average molecular weight is 655 g/mol. The Bertz CT molecular complexity index is 3150. The summed E-state index contributed by atoms with van der Waals surface area (Å²) in [6.45, 7) is 0. The van der Waals surface area contributed by atoms with Crippen molar-refractivity contribution in [2.75, 3.05) is 0 Å². The van der Waals surface area contributed by atoms with Crippen LogP contribution in [0, 0.1) is 0 Å². The summed E-state index contributed by atoms with van der Waals surface area (Å²) in [5.41, 5.74) is 9.49. The zero-order valence-corrected chi connectivity index (χ0v) is 27.1. The van der Waals surface area contributed by atoms with Crippen molar-refractivity contribution < 1.29 is 8.83 Å². The predicted octanol–water partition coefficient (Wildman–Crippen LogP) is 11.8. The first-order valence-corrected chi connectivity index (χ1v) is 16.9. The number of fused-ring (bicyclic) bond motifs is 9. The molecule has 0 N–H and O–H groups in total. The molecule has 0 radical (unpaired) electrons. The SMILES string of the molecule is c1ccc(-c2nc(-c3cccc4oc5ccccc5c34)nc(-n3c4ccccc4c4cc(-c5ccc6oc7ccccc7c6c5)ccc43)n2)cc1. The number of benzene rings is 7. The van der Waals surface area contributed by atoms with Crippen molar-refractivity contribution in [1.82, 2.24) is 19.5 Å². The number of aromatic nitrogens is 4. The van der Waals surface area contributed by atoms with Gasteiger partial charge in [-0.15, -0.1) is 0 Å². The van der Waals surface area contributed by atoms with Gasteiger partial charge >= 0.3 is 0 Å². The van der Waals surface area contributed by atoms with Crippen LogP contribution < -0.4 is 0 Å². The highest BCUT2D eigenvalue weighted by Crippen LogP contribution is 2.39. The molecule has 11 rings (SSSR count). The second kappa shape index (κ2) is 10.7. The van der Waals surface area contributed by atoms with E-state index in [4.69, 9.17) is 23.8 Å². The fraction of sp³-hybridized carbons (Fsp3) is 0. The molecular weight excluding hydrogens is 629 g/mol. The highest BCUT2D eigenvalue weighted by molar-refractivity contribution is 6.13. The zero-order chi connectivity index (χ0) is 33.5. The minimum atomic E-state index is 0.550. The van der Waals surface area contributed by atoms with Gasteiger partial charge in [0.05, 0.1) is 11.0 Å². The first kappa shape index (κ1) is 27.9. The monoisotopic (exact) mass is 654 g/mol. The second-order valence-electron chi connectivity index (χ2n) is 12.8. The van der Waals surface area contributed by atoms with Crippen LogP contribution in [0.2, 0.25) is 0 Å². The average Bonchev–Trinajstić information content (AvgIpc) is 3.87. The van der Waals surface area contributed by atoms with Crippen LogP contribution in [0.1, 0.15) is 0 Å². The fourth-order valence-electron chi connectivity index (χ4n) is 7.54. The van der Waals surface area contributed by atoms with E-state index in [9.17, 15) is 0 Å². The van der Waals surface area contributed by atoms with E-state index in [-0.39, 0.29) is 0 Å². The molecule has 0 spiro atoms. The fourth-order valence-corrected chi connectivity index (χ4v) is 7.54. The van der Waals surface area contributed by atoms with E-state index in [1.807, 2.05) is 72.8 Å². The molecule has 0 aliphatic rings. The van der Waals surface area contributed by atoms with Gasteiger partial charge in [0.25, 0.3) is 0 Å². The van der Waals surface area contributed by atoms with E-state index in [0.717, 1.165) is 87.9 Å². The predicted molar refractivity (Wildman–Crippen MR) is 205 cm³/mol.